The zero-order valence-electron chi connectivity index (χ0n) is 9.55. The van der Waals surface area contributed by atoms with Crippen LogP contribution >= 0.6 is 40.3 Å². The van der Waals surface area contributed by atoms with Crippen molar-refractivity contribution in [2.45, 2.75) is 20.3 Å². The predicted octanol–water partition coefficient (Wildman–Crippen LogP) is 3.62. The van der Waals surface area contributed by atoms with Crippen LogP contribution < -0.4 is 0 Å². The fraction of sp³-hybridized carbons (Fsp3) is 0.364. The molecule has 17 heavy (non-hydrogen) atoms. The number of rotatable bonds is 5. The van der Waals surface area contributed by atoms with Gasteiger partial charge in [-0.3, -0.25) is 4.79 Å². The quantitative estimate of drug-likeness (QED) is 0.508. The molecule has 92 valence electrons. The predicted molar refractivity (Wildman–Crippen MR) is 78.5 cm³/mol. The summed E-state index contributed by atoms with van der Waals surface area (Å²) < 4.78 is 9.26. The molecule has 1 aromatic rings. The SMILES string of the molecule is Cc1nsnc1/C(Br)=C\CC(C)/C=C(\S)C=O. The number of carbonyl (C=O) groups excluding carboxylic acids is 1. The van der Waals surface area contributed by atoms with Crippen molar-refractivity contribution in [1.82, 2.24) is 8.75 Å². The lowest BCUT2D eigenvalue weighted by Gasteiger charge is -2.03. The fourth-order valence-corrected chi connectivity index (χ4v) is 2.73. The van der Waals surface area contributed by atoms with Gasteiger partial charge in [-0.05, 0) is 35.2 Å². The van der Waals surface area contributed by atoms with Crippen molar-refractivity contribution in [3.63, 3.8) is 0 Å². The van der Waals surface area contributed by atoms with Gasteiger partial charge in [0, 0.05) is 9.39 Å². The van der Waals surface area contributed by atoms with Crippen LogP contribution in [0.2, 0.25) is 0 Å². The van der Waals surface area contributed by atoms with Crippen LogP contribution in [0.1, 0.15) is 24.7 Å². The Balaban J connectivity index is 2.66. The third-order valence-electron chi connectivity index (χ3n) is 2.12. The number of hydrogen-bond donors (Lipinski definition) is 1. The van der Waals surface area contributed by atoms with E-state index < -0.39 is 0 Å². The van der Waals surface area contributed by atoms with Gasteiger partial charge in [0.1, 0.15) is 5.69 Å². The van der Waals surface area contributed by atoms with Crippen molar-refractivity contribution in [2.24, 2.45) is 5.92 Å². The van der Waals surface area contributed by atoms with Crippen LogP contribution in [-0.4, -0.2) is 15.0 Å². The highest BCUT2D eigenvalue weighted by atomic mass is 79.9. The van der Waals surface area contributed by atoms with E-state index in [1.165, 1.54) is 11.7 Å². The lowest BCUT2D eigenvalue weighted by Crippen LogP contribution is -1.90. The van der Waals surface area contributed by atoms with E-state index in [2.05, 4.69) is 37.3 Å². The van der Waals surface area contributed by atoms with Gasteiger partial charge in [-0.1, -0.05) is 19.1 Å². The Morgan fingerprint density at radius 1 is 1.59 bits per heavy atom. The van der Waals surface area contributed by atoms with Crippen molar-refractivity contribution in [3.05, 3.63) is 28.4 Å². The summed E-state index contributed by atoms with van der Waals surface area (Å²) in [5, 5.41) is 0. The van der Waals surface area contributed by atoms with Crippen molar-refractivity contribution >= 4 is 51.1 Å². The molecule has 1 atom stereocenters. The Morgan fingerprint density at radius 2 is 2.29 bits per heavy atom. The summed E-state index contributed by atoms with van der Waals surface area (Å²) in [7, 11) is 0. The summed E-state index contributed by atoms with van der Waals surface area (Å²) in [6.45, 7) is 3.96. The maximum Gasteiger partial charge on any atom is 0.155 e. The first kappa shape index (κ1) is 14.6. The lowest BCUT2D eigenvalue weighted by molar-refractivity contribution is -0.104. The molecule has 0 saturated heterocycles. The third-order valence-corrected chi connectivity index (χ3v) is 3.70. The summed E-state index contributed by atoms with van der Waals surface area (Å²) in [6.07, 6.45) is 5.43. The molecule has 1 heterocycles. The van der Waals surface area contributed by atoms with E-state index in [0.717, 1.165) is 28.6 Å². The summed E-state index contributed by atoms with van der Waals surface area (Å²) in [5.41, 5.74) is 1.80. The smallest absolute Gasteiger partial charge is 0.155 e. The number of thiol groups is 1. The Hall–Kier alpha value is -0.460. The average Bonchev–Trinajstić information content (AvgIpc) is 2.72. The molecule has 0 aromatic carbocycles. The fourth-order valence-electron chi connectivity index (χ4n) is 1.23. The van der Waals surface area contributed by atoms with Crippen LogP contribution in [0.5, 0.6) is 0 Å². The standard InChI is InChI=1S/C11H13BrN2OS2/c1-7(5-9(16)6-15)3-4-10(12)11-8(2)13-17-14-11/h4-7,16H,3H2,1-2H3/b9-5-,10-4+. The van der Waals surface area contributed by atoms with E-state index in [1.54, 1.807) is 0 Å². The molecule has 0 bridgehead atoms. The van der Waals surface area contributed by atoms with E-state index in [0.29, 0.717) is 4.91 Å². The topological polar surface area (TPSA) is 42.9 Å². The Bertz CT molecular complexity index is 454. The minimum Gasteiger partial charge on any atom is -0.297 e. The first-order valence-electron chi connectivity index (χ1n) is 5.05. The monoisotopic (exact) mass is 332 g/mol. The molecule has 0 aliphatic rings. The van der Waals surface area contributed by atoms with Gasteiger partial charge in [0.2, 0.25) is 0 Å². The highest BCUT2D eigenvalue weighted by molar-refractivity contribution is 9.15. The first-order chi connectivity index (χ1) is 8.04. The molecule has 0 aliphatic heterocycles. The van der Waals surface area contributed by atoms with E-state index in [4.69, 9.17) is 0 Å². The molecular formula is C11H13BrN2OS2. The molecule has 0 N–H and O–H groups in total. The van der Waals surface area contributed by atoms with Crippen LogP contribution in [-0.2, 0) is 4.79 Å². The number of aryl methyl sites for hydroxylation is 1. The molecule has 0 saturated carbocycles. The maximum absolute atomic E-state index is 10.4. The zero-order valence-corrected chi connectivity index (χ0v) is 12.8. The van der Waals surface area contributed by atoms with Crippen molar-refractivity contribution < 1.29 is 4.79 Å². The summed E-state index contributed by atoms with van der Waals surface area (Å²) in [5.74, 6) is 0.257. The van der Waals surface area contributed by atoms with Gasteiger partial charge in [0.15, 0.2) is 6.29 Å². The lowest BCUT2D eigenvalue weighted by atomic mass is 10.1. The van der Waals surface area contributed by atoms with Crippen LogP contribution in [0.3, 0.4) is 0 Å². The second-order valence-corrected chi connectivity index (χ2v) is 5.57. The number of carbonyl (C=O) groups is 1. The number of nitrogens with zero attached hydrogens (tertiary/aromatic N) is 2. The number of halogens is 1. The Labute approximate surface area is 119 Å². The molecule has 0 spiro atoms. The summed E-state index contributed by atoms with van der Waals surface area (Å²) in [6, 6.07) is 0. The van der Waals surface area contributed by atoms with Gasteiger partial charge >= 0.3 is 0 Å². The van der Waals surface area contributed by atoms with Crippen molar-refractivity contribution in [1.29, 1.82) is 0 Å². The number of aldehydes is 1. The second-order valence-electron chi connectivity index (χ2n) is 3.67. The molecule has 1 rings (SSSR count). The Morgan fingerprint density at radius 3 is 2.82 bits per heavy atom. The average molecular weight is 333 g/mol. The summed E-state index contributed by atoms with van der Waals surface area (Å²) >= 11 is 8.72. The molecule has 0 radical (unpaired) electrons. The molecule has 1 unspecified atom stereocenters. The van der Waals surface area contributed by atoms with Crippen LogP contribution in [0.4, 0.5) is 0 Å². The highest BCUT2D eigenvalue weighted by Crippen LogP contribution is 2.24. The van der Waals surface area contributed by atoms with E-state index >= 15 is 0 Å². The molecule has 0 fully saturated rings. The minimum absolute atomic E-state index is 0.257. The third kappa shape index (κ3) is 4.73. The zero-order chi connectivity index (χ0) is 12.8. The van der Waals surface area contributed by atoms with E-state index in [9.17, 15) is 4.79 Å². The van der Waals surface area contributed by atoms with Crippen molar-refractivity contribution in [2.75, 3.05) is 0 Å². The Kier molecular flexibility index (Phi) is 6.08. The summed E-state index contributed by atoms with van der Waals surface area (Å²) in [4.78, 5) is 10.9. The minimum atomic E-state index is 0.257. The van der Waals surface area contributed by atoms with E-state index in [-0.39, 0.29) is 5.92 Å². The van der Waals surface area contributed by atoms with Crippen LogP contribution in [0.15, 0.2) is 17.1 Å². The molecule has 3 nitrogen and oxygen atoms in total. The molecular weight excluding hydrogens is 320 g/mol. The van der Waals surface area contributed by atoms with Gasteiger partial charge in [-0.15, -0.1) is 12.6 Å². The van der Waals surface area contributed by atoms with E-state index in [1.807, 2.05) is 26.0 Å². The largest absolute Gasteiger partial charge is 0.297 e. The van der Waals surface area contributed by atoms with Crippen LogP contribution in [0.25, 0.3) is 4.48 Å². The maximum atomic E-state index is 10.4. The normalized spacial score (nSPS) is 14.8. The van der Waals surface area contributed by atoms with Gasteiger partial charge in [0.05, 0.1) is 17.4 Å². The molecule has 0 aliphatic carbocycles. The molecule has 6 heteroatoms. The first-order valence-corrected chi connectivity index (χ1v) is 7.02. The number of allylic oxidation sites excluding steroid dienone is 3. The van der Waals surface area contributed by atoms with Crippen LogP contribution in [0, 0.1) is 12.8 Å². The van der Waals surface area contributed by atoms with Gasteiger partial charge in [0.25, 0.3) is 0 Å². The van der Waals surface area contributed by atoms with Crippen molar-refractivity contribution in [3.8, 4) is 0 Å². The van der Waals surface area contributed by atoms with Gasteiger partial charge in [-0.2, -0.15) is 8.75 Å². The number of aromatic nitrogens is 2. The highest BCUT2D eigenvalue weighted by Gasteiger charge is 2.07. The van der Waals surface area contributed by atoms with Gasteiger partial charge < -0.3 is 0 Å². The van der Waals surface area contributed by atoms with Gasteiger partial charge in [-0.25, -0.2) is 0 Å². The second kappa shape index (κ2) is 7.08. The molecule has 0 amide bonds. The molecule has 1 aromatic heterocycles. The number of hydrogen-bond acceptors (Lipinski definition) is 5.